The van der Waals surface area contributed by atoms with E-state index in [1.165, 1.54) is 54.6 Å². The molecular weight excluding hydrogens is 310 g/mol. The maximum absolute atomic E-state index is 6.10. The Balaban J connectivity index is 1.51. The molecule has 4 heteroatoms. The van der Waals surface area contributed by atoms with Crippen LogP contribution in [0.1, 0.15) is 42.5 Å². The summed E-state index contributed by atoms with van der Waals surface area (Å²) < 4.78 is 6.10. The molecule has 0 bridgehead atoms. The number of benzene rings is 1. The minimum atomic E-state index is 0.783. The minimum absolute atomic E-state index is 0.783. The predicted octanol–water partition coefficient (Wildman–Crippen LogP) is 4.07. The van der Waals surface area contributed by atoms with Gasteiger partial charge in [0.1, 0.15) is 5.75 Å². The van der Waals surface area contributed by atoms with E-state index >= 15 is 0 Å². The highest BCUT2D eigenvalue weighted by Crippen LogP contribution is 2.35. The van der Waals surface area contributed by atoms with Gasteiger partial charge in [-0.05, 0) is 76.2 Å². The van der Waals surface area contributed by atoms with Gasteiger partial charge in [0.15, 0.2) is 0 Å². The fourth-order valence-electron chi connectivity index (χ4n) is 4.18. The van der Waals surface area contributed by atoms with Crippen molar-refractivity contribution in [1.82, 2.24) is 9.88 Å². The maximum atomic E-state index is 6.10. The van der Waals surface area contributed by atoms with Crippen LogP contribution in [0.3, 0.4) is 0 Å². The lowest BCUT2D eigenvalue weighted by molar-refractivity contribution is 0.262. The number of aromatic nitrogens is 1. The first kappa shape index (κ1) is 16.6. The van der Waals surface area contributed by atoms with Crippen LogP contribution < -0.4 is 10.1 Å². The van der Waals surface area contributed by atoms with Crippen LogP contribution in [0.4, 0.5) is 5.69 Å². The molecule has 0 atom stereocenters. The van der Waals surface area contributed by atoms with Crippen LogP contribution in [0.2, 0.25) is 0 Å². The van der Waals surface area contributed by atoms with Gasteiger partial charge in [-0.15, -0.1) is 0 Å². The van der Waals surface area contributed by atoms with E-state index in [1.54, 1.807) is 0 Å². The number of hydrogen-bond acceptors (Lipinski definition) is 4. The maximum Gasteiger partial charge on any atom is 0.124 e. The summed E-state index contributed by atoms with van der Waals surface area (Å²) >= 11 is 0. The smallest absolute Gasteiger partial charge is 0.124 e. The van der Waals surface area contributed by atoms with E-state index < -0.39 is 0 Å². The summed E-state index contributed by atoms with van der Waals surface area (Å²) in [5.41, 5.74) is 6.08. The number of nitrogens with one attached hydrogen (secondary N) is 1. The molecular formula is C21H29N3O. The van der Waals surface area contributed by atoms with Crippen LogP contribution in [-0.2, 0) is 6.42 Å². The molecule has 3 heterocycles. The molecule has 0 radical (unpaired) electrons. The van der Waals surface area contributed by atoms with Crippen molar-refractivity contribution in [3.8, 4) is 5.75 Å². The zero-order valence-electron chi connectivity index (χ0n) is 15.5. The number of hydrogen-bond donors (Lipinski definition) is 1. The quantitative estimate of drug-likeness (QED) is 0.833. The molecule has 1 aromatic heterocycles. The lowest BCUT2D eigenvalue weighted by atomic mass is 9.97. The minimum Gasteiger partial charge on any atom is -0.493 e. The third kappa shape index (κ3) is 3.45. The average molecular weight is 339 g/mol. The largest absolute Gasteiger partial charge is 0.493 e. The number of ether oxygens (including phenoxy) is 1. The summed E-state index contributed by atoms with van der Waals surface area (Å²) in [7, 11) is 0. The van der Waals surface area contributed by atoms with Gasteiger partial charge in [-0.1, -0.05) is 0 Å². The second-order valence-corrected chi connectivity index (χ2v) is 7.47. The summed E-state index contributed by atoms with van der Waals surface area (Å²) in [5, 5.41) is 4.83. The Hall–Kier alpha value is -1.81. The van der Waals surface area contributed by atoms with Crippen molar-refractivity contribution in [2.24, 2.45) is 0 Å². The van der Waals surface area contributed by atoms with Gasteiger partial charge in [0, 0.05) is 35.9 Å². The normalized spacial score (nSPS) is 17.5. The van der Waals surface area contributed by atoms with Gasteiger partial charge in [-0.2, -0.15) is 0 Å². The summed E-state index contributed by atoms with van der Waals surface area (Å²) in [5.74, 6) is 0.983. The topological polar surface area (TPSA) is 37.4 Å². The number of rotatable bonds is 5. The number of nitrogens with zero attached hydrogens (tertiary/aromatic N) is 2. The Kier molecular flexibility index (Phi) is 4.80. The Morgan fingerprint density at radius 2 is 2.00 bits per heavy atom. The molecule has 2 aliphatic rings. The molecule has 1 N–H and O–H groups in total. The zero-order valence-corrected chi connectivity index (χ0v) is 15.5. The molecule has 0 aliphatic carbocycles. The zero-order chi connectivity index (χ0) is 17.2. The molecule has 0 saturated carbocycles. The fraction of sp³-hybridized carbons (Fsp3) is 0.571. The second-order valence-electron chi connectivity index (χ2n) is 7.47. The summed E-state index contributed by atoms with van der Waals surface area (Å²) in [6, 6.07) is 4.37. The average Bonchev–Trinajstić information content (AvgIpc) is 3.14. The summed E-state index contributed by atoms with van der Waals surface area (Å²) in [6.07, 6.45) is 6.13. The first-order valence-electron chi connectivity index (χ1n) is 9.75. The lowest BCUT2D eigenvalue weighted by Gasteiger charge is -2.22. The molecule has 134 valence electrons. The highest BCUT2D eigenvalue weighted by Gasteiger charge is 2.17. The molecule has 2 aromatic rings. The first-order chi connectivity index (χ1) is 12.2. The van der Waals surface area contributed by atoms with Gasteiger partial charge in [0.25, 0.3) is 0 Å². The van der Waals surface area contributed by atoms with Crippen LogP contribution >= 0.6 is 0 Å². The molecule has 25 heavy (non-hydrogen) atoms. The number of aryl methyl sites for hydroxylation is 2. The molecule has 1 saturated heterocycles. The highest BCUT2D eigenvalue weighted by atomic mass is 16.5. The van der Waals surface area contributed by atoms with Gasteiger partial charge in [-0.25, -0.2) is 0 Å². The van der Waals surface area contributed by atoms with Gasteiger partial charge in [-0.3, -0.25) is 4.98 Å². The SMILES string of the molecule is Cc1cc2c3c(c(C)nc2cc1OCCCN1CCCC1)CCCN3. The van der Waals surface area contributed by atoms with Crippen molar-refractivity contribution in [2.45, 2.75) is 46.0 Å². The molecule has 2 aliphatic heterocycles. The van der Waals surface area contributed by atoms with Gasteiger partial charge in [0.2, 0.25) is 0 Å². The van der Waals surface area contributed by atoms with E-state index in [2.05, 4.69) is 36.2 Å². The van der Waals surface area contributed by atoms with Crippen LogP contribution in [0.5, 0.6) is 5.75 Å². The van der Waals surface area contributed by atoms with E-state index in [0.717, 1.165) is 49.5 Å². The third-order valence-corrected chi connectivity index (χ3v) is 5.57. The van der Waals surface area contributed by atoms with E-state index in [1.807, 2.05) is 0 Å². The molecule has 0 amide bonds. The molecule has 1 fully saturated rings. The second kappa shape index (κ2) is 7.20. The Morgan fingerprint density at radius 3 is 2.84 bits per heavy atom. The molecule has 0 spiro atoms. The van der Waals surface area contributed by atoms with E-state index in [-0.39, 0.29) is 0 Å². The van der Waals surface area contributed by atoms with Gasteiger partial charge >= 0.3 is 0 Å². The Morgan fingerprint density at radius 1 is 1.16 bits per heavy atom. The van der Waals surface area contributed by atoms with Gasteiger partial charge < -0.3 is 15.0 Å². The number of fused-ring (bicyclic) bond motifs is 3. The van der Waals surface area contributed by atoms with Crippen molar-refractivity contribution in [3.05, 3.63) is 29.0 Å². The number of anilines is 1. The highest BCUT2D eigenvalue weighted by molar-refractivity contribution is 5.95. The first-order valence-corrected chi connectivity index (χ1v) is 9.75. The van der Waals surface area contributed by atoms with Crippen LogP contribution in [-0.4, -0.2) is 42.7 Å². The monoisotopic (exact) mass is 339 g/mol. The molecule has 4 nitrogen and oxygen atoms in total. The van der Waals surface area contributed by atoms with Crippen molar-refractivity contribution in [1.29, 1.82) is 0 Å². The Bertz CT molecular complexity index is 766. The molecule has 0 unspecified atom stereocenters. The Labute approximate surface area is 150 Å². The van der Waals surface area contributed by atoms with Crippen molar-refractivity contribution >= 4 is 16.6 Å². The van der Waals surface area contributed by atoms with Crippen molar-refractivity contribution < 1.29 is 4.74 Å². The van der Waals surface area contributed by atoms with E-state index in [0.29, 0.717) is 0 Å². The van der Waals surface area contributed by atoms with Crippen LogP contribution in [0.15, 0.2) is 12.1 Å². The standard InChI is InChI=1S/C21H29N3O/c1-15-13-18-19(23-16(2)17-7-5-8-22-21(17)18)14-20(15)25-12-6-11-24-9-3-4-10-24/h13-14,22H,3-12H2,1-2H3. The van der Waals surface area contributed by atoms with Crippen LogP contribution in [0, 0.1) is 13.8 Å². The summed E-state index contributed by atoms with van der Waals surface area (Å²) in [6.45, 7) is 9.78. The lowest BCUT2D eigenvalue weighted by Crippen LogP contribution is -2.22. The van der Waals surface area contributed by atoms with E-state index in [4.69, 9.17) is 9.72 Å². The van der Waals surface area contributed by atoms with E-state index in [9.17, 15) is 0 Å². The predicted molar refractivity (Wildman–Crippen MR) is 104 cm³/mol. The fourth-order valence-corrected chi connectivity index (χ4v) is 4.18. The molecule has 4 rings (SSSR count). The molecule has 1 aromatic carbocycles. The van der Waals surface area contributed by atoms with Crippen molar-refractivity contribution in [3.63, 3.8) is 0 Å². The number of pyridine rings is 1. The third-order valence-electron chi connectivity index (χ3n) is 5.57. The van der Waals surface area contributed by atoms with Gasteiger partial charge in [0.05, 0.1) is 12.1 Å². The summed E-state index contributed by atoms with van der Waals surface area (Å²) in [4.78, 5) is 7.39. The van der Waals surface area contributed by atoms with Crippen LogP contribution in [0.25, 0.3) is 10.9 Å². The number of likely N-dealkylation sites (tertiary alicyclic amines) is 1. The van der Waals surface area contributed by atoms with Crippen molar-refractivity contribution in [2.75, 3.05) is 38.1 Å².